The van der Waals surface area contributed by atoms with E-state index in [1.807, 2.05) is 0 Å². The van der Waals surface area contributed by atoms with Gasteiger partial charge in [-0.25, -0.2) is 4.79 Å². The van der Waals surface area contributed by atoms with Crippen molar-refractivity contribution in [1.29, 1.82) is 0 Å². The number of rotatable bonds is 4. The number of halogens is 2. The van der Waals surface area contributed by atoms with E-state index in [9.17, 15) is 4.79 Å². The Kier molecular flexibility index (Phi) is 5.08. The topological polar surface area (TPSA) is 46.5 Å². The third kappa shape index (κ3) is 3.81. The van der Waals surface area contributed by atoms with E-state index in [1.54, 1.807) is 24.3 Å². The molecule has 0 bridgehead atoms. The van der Waals surface area contributed by atoms with E-state index in [-0.39, 0.29) is 12.5 Å². The summed E-state index contributed by atoms with van der Waals surface area (Å²) in [6, 6.07) is 6.92. The Morgan fingerprint density at radius 3 is 2.80 bits per heavy atom. The molecule has 0 amide bonds. The maximum atomic E-state index is 11.5. The quantitative estimate of drug-likeness (QED) is 0.684. The van der Waals surface area contributed by atoms with Gasteiger partial charge in [0.2, 0.25) is 0 Å². The number of ether oxygens (including phenoxy) is 1. The Morgan fingerprint density at radius 1 is 1.53 bits per heavy atom. The van der Waals surface area contributed by atoms with E-state index in [1.165, 1.54) is 0 Å². The lowest BCUT2D eigenvalue weighted by molar-refractivity contribution is 0.0302. The second kappa shape index (κ2) is 6.10. The first-order chi connectivity index (χ1) is 7.15. The van der Waals surface area contributed by atoms with Crippen LogP contribution in [0.15, 0.2) is 28.7 Å². The van der Waals surface area contributed by atoms with Gasteiger partial charge in [-0.2, -0.15) is 0 Å². The summed E-state index contributed by atoms with van der Waals surface area (Å²) in [6.45, 7) is -0.0936. The number of benzene rings is 1. The van der Waals surface area contributed by atoms with E-state index in [2.05, 4.69) is 15.9 Å². The number of carbonyl (C=O) groups excluding carboxylic acids is 1. The van der Waals surface area contributed by atoms with Crippen LogP contribution in [0.4, 0.5) is 0 Å². The molecule has 0 saturated heterocycles. The standard InChI is InChI=1S/C10H10BrClO3/c11-9-4-2-1-3-8(9)10(14)15-6-7(13)5-12/h1-4,7,13H,5-6H2. The molecule has 1 N–H and O–H groups in total. The lowest BCUT2D eigenvalue weighted by Crippen LogP contribution is -2.20. The molecule has 0 fully saturated rings. The van der Waals surface area contributed by atoms with Crippen LogP contribution in [0, 0.1) is 0 Å². The van der Waals surface area contributed by atoms with Gasteiger partial charge in [0.05, 0.1) is 11.4 Å². The first-order valence-electron chi connectivity index (χ1n) is 4.31. The SMILES string of the molecule is O=C(OCC(O)CCl)c1ccccc1Br. The molecular formula is C10H10BrClO3. The van der Waals surface area contributed by atoms with Gasteiger partial charge in [0.1, 0.15) is 12.7 Å². The van der Waals surface area contributed by atoms with E-state index in [0.717, 1.165) is 0 Å². The molecular weight excluding hydrogens is 283 g/mol. The zero-order chi connectivity index (χ0) is 11.3. The van der Waals surface area contributed by atoms with Crippen LogP contribution in [0.3, 0.4) is 0 Å². The summed E-state index contributed by atoms with van der Waals surface area (Å²) in [7, 11) is 0. The third-order valence-corrected chi connectivity index (χ3v) is 2.73. The number of aliphatic hydroxyl groups excluding tert-OH is 1. The molecule has 0 spiro atoms. The molecule has 0 aromatic heterocycles. The maximum Gasteiger partial charge on any atom is 0.339 e. The van der Waals surface area contributed by atoms with Crippen LogP contribution in [-0.2, 0) is 4.74 Å². The molecule has 0 radical (unpaired) electrons. The van der Waals surface area contributed by atoms with Gasteiger partial charge in [0, 0.05) is 4.47 Å². The van der Waals surface area contributed by atoms with Crippen molar-refractivity contribution in [3.8, 4) is 0 Å². The number of aliphatic hydroxyl groups is 1. The molecule has 1 atom stereocenters. The fourth-order valence-electron chi connectivity index (χ4n) is 0.921. The van der Waals surface area contributed by atoms with Crippen LogP contribution in [-0.4, -0.2) is 29.7 Å². The molecule has 5 heteroatoms. The van der Waals surface area contributed by atoms with E-state index >= 15 is 0 Å². The average Bonchev–Trinajstić information content (AvgIpc) is 2.26. The Morgan fingerprint density at radius 2 is 2.20 bits per heavy atom. The fourth-order valence-corrected chi connectivity index (χ4v) is 1.46. The van der Waals surface area contributed by atoms with Crippen molar-refractivity contribution in [2.45, 2.75) is 6.10 Å². The molecule has 0 aliphatic heterocycles. The van der Waals surface area contributed by atoms with Gasteiger partial charge in [0.25, 0.3) is 0 Å². The lowest BCUT2D eigenvalue weighted by Gasteiger charge is -2.08. The summed E-state index contributed by atoms with van der Waals surface area (Å²) < 4.78 is 5.52. The van der Waals surface area contributed by atoms with E-state index in [4.69, 9.17) is 21.4 Å². The van der Waals surface area contributed by atoms with Gasteiger partial charge >= 0.3 is 5.97 Å². The predicted octanol–water partition coefficient (Wildman–Crippen LogP) is 2.21. The van der Waals surface area contributed by atoms with Gasteiger partial charge in [0.15, 0.2) is 0 Å². The molecule has 0 aliphatic carbocycles. The second-order valence-corrected chi connectivity index (χ2v) is 4.05. The normalized spacial score (nSPS) is 12.2. The summed E-state index contributed by atoms with van der Waals surface area (Å²) in [5, 5.41) is 9.10. The number of hydrogen-bond donors (Lipinski definition) is 1. The molecule has 1 aromatic carbocycles. The van der Waals surface area contributed by atoms with E-state index < -0.39 is 12.1 Å². The highest BCUT2D eigenvalue weighted by Gasteiger charge is 2.12. The number of hydrogen-bond acceptors (Lipinski definition) is 3. The Bertz CT molecular complexity index is 343. The summed E-state index contributed by atoms with van der Waals surface area (Å²) >= 11 is 8.59. The second-order valence-electron chi connectivity index (χ2n) is 2.89. The monoisotopic (exact) mass is 292 g/mol. The largest absolute Gasteiger partial charge is 0.459 e. The highest BCUT2D eigenvalue weighted by Crippen LogP contribution is 2.16. The van der Waals surface area contributed by atoms with Gasteiger partial charge < -0.3 is 9.84 Å². The van der Waals surface area contributed by atoms with Crippen molar-refractivity contribution in [2.75, 3.05) is 12.5 Å². The first kappa shape index (κ1) is 12.5. The maximum absolute atomic E-state index is 11.5. The highest BCUT2D eigenvalue weighted by atomic mass is 79.9. The van der Waals surface area contributed by atoms with Crippen LogP contribution in [0.1, 0.15) is 10.4 Å². The Labute approximate surface area is 101 Å². The summed E-state index contributed by atoms with van der Waals surface area (Å²) in [5.41, 5.74) is 0.430. The van der Waals surface area contributed by atoms with Crippen molar-refractivity contribution in [3.05, 3.63) is 34.3 Å². The van der Waals surface area contributed by atoms with Gasteiger partial charge in [-0.3, -0.25) is 0 Å². The molecule has 82 valence electrons. The van der Waals surface area contributed by atoms with Crippen molar-refractivity contribution in [1.82, 2.24) is 0 Å². The third-order valence-electron chi connectivity index (χ3n) is 1.68. The summed E-state index contributed by atoms with van der Waals surface area (Å²) in [6.07, 6.45) is -0.821. The zero-order valence-electron chi connectivity index (χ0n) is 7.82. The van der Waals surface area contributed by atoms with Crippen molar-refractivity contribution >= 4 is 33.5 Å². The zero-order valence-corrected chi connectivity index (χ0v) is 10.2. The number of alkyl halides is 1. The van der Waals surface area contributed by atoms with Crippen LogP contribution in [0.5, 0.6) is 0 Å². The number of carbonyl (C=O) groups is 1. The minimum atomic E-state index is -0.821. The minimum absolute atomic E-state index is 0.0449. The molecule has 1 unspecified atom stereocenters. The van der Waals surface area contributed by atoms with Crippen LogP contribution in [0.2, 0.25) is 0 Å². The molecule has 0 aliphatic rings. The molecule has 0 heterocycles. The molecule has 3 nitrogen and oxygen atoms in total. The number of esters is 1. The Hall–Kier alpha value is -0.580. The molecule has 0 saturated carbocycles. The first-order valence-corrected chi connectivity index (χ1v) is 5.63. The van der Waals surface area contributed by atoms with E-state index in [0.29, 0.717) is 10.0 Å². The Balaban J connectivity index is 2.58. The highest BCUT2D eigenvalue weighted by molar-refractivity contribution is 9.10. The van der Waals surface area contributed by atoms with Crippen LogP contribution >= 0.6 is 27.5 Å². The van der Waals surface area contributed by atoms with Crippen LogP contribution < -0.4 is 0 Å². The van der Waals surface area contributed by atoms with Crippen molar-refractivity contribution in [3.63, 3.8) is 0 Å². The van der Waals surface area contributed by atoms with Gasteiger partial charge in [-0.15, -0.1) is 11.6 Å². The van der Waals surface area contributed by atoms with Gasteiger partial charge in [-0.05, 0) is 28.1 Å². The molecule has 15 heavy (non-hydrogen) atoms. The molecule has 1 rings (SSSR count). The van der Waals surface area contributed by atoms with Gasteiger partial charge in [-0.1, -0.05) is 12.1 Å². The average molecular weight is 294 g/mol. The van der Waals surface area contributed by atoms with Crippen LogP contribution in [0.25, 0.3) is 0 Å². The summed E-state index contributed by atoms with van der Waals surface area (Å²) in [5.74, 6) is -0.435. The minimum Gasteiger partial charge on any atom is -0.459 e. The lowest BCUT2D eigenvalue weighted by atomic mass is 10.2. The van der Waals surface area contributed by atoms with Crippen molar-refractivity contribution < 1.29 is 14.6 Å². The smallest absolute Gasteiger partial charge is 0.339 e. The van der Waals surface area contributed by atoms with Crippen molar-refractivity contribution in [2.24, 2.45) is 0 Å². The predicted molar refractivity (Wildman–Crippen MR) is 61.2 cm³/mol. The molecule has 1 aromatic rings. The summed E-state index contributed by atoms with van der Waals surface area (Å²) in [4.78, 5) is 11.5. The fraction of sp³-hybridized carbons (Fsp3) is 0.300.